The van der Waals surface area contributed by atoms with E-state index in [1.54, 1.807) is 6.33 Å². The summed E-state index contributed by atoms with van der Waals surface area (Å²) in [6.45, 7) is 4.48. The van der Waals surface area contributed by atoms with Crippen molar-refractivity contribution in [2.24, 2.45) is 0 Å². The number of nitrogens with one attached hydrogen (secondary N) is 1. The number of amides is 1. The van der Waals surface area contributed by atoms with Crippen LogP contribution in [0.2, 0.25) is 0 Å². The van der Waals surface area contributed by atoms with Crippen LogP contribution in [0.25, 0.3) is 0 Å². The van der Waals surface area contributed by atoms with Crippen molar-refractivity contribution in [1.29, 1.82) is 0 Å². The van der Waals surface area contributed by atoms with E-state index in [-0.39, 0.29) is 5.91 Å². The maximum absolute atomic E-state index is 12.0. The van der Waals surface area contributed by atoms with Crippen molar-refractivity contribution in [2.45, 2.75) is 64.5 Å². The van der Waals surface area contributed by atoms with Crippen LogP contribution in [-0.2, 0) is 24.2 Å². The molecule has 0 radical (unpaired) electrons. The third-order valence-corrected chi connectivity index (χ3v) is 4.35. The molecule has 2 N–H and O–H groups in total. The van der Waals surface area contributed by atoms with Gasteiger partial charge < -0.3 is 15.0 Å². The van der Waals surface area contributed by atoms with Gasteiger partial charge in [0.1, 0.15) is 6.54 Å². The van der Waals surface area contributed by atoms with Crippen LogP contribution in [-0.4, -0.2) is 32.7 Å². The second kappa shape index (κ2) is 6.39. The molecule has 0 spiro atoms. The van der Waals surface area contributed by atoms with Crippen molar-refractivity contribution in [3.8, 4) is 0 Å². The van der Waals surface area contributed by atoms with Crippen LogP contribution < -0.4 is 5.32 Å². The molecule has 112 valence electrons. The quantitative estimate of drug-likeness (QED) is 0.828. The van der Waals surface area contributed by atoms with Crippen molar-refractivity contribution in [3.05, 3.63) is 17.7 Å². The number of carbonyl (C=O) groups is 1. The molecule has 1 aromatic rings. The fraction of sp³-hybridized carbons (Fsp3) is 0.733. The van der Waals surface area contributed by atoms with E-state index in [4.69, 9.17) is 0 Å². The number of aryl methyl sites for hydroxylation is 1. The van der Waals surface area contributed by atoms with Crippen molar-refractivity contribution in [1.82, 2.24) is 14.9 Å². The fourth-order valence-corrected chi connectivity index (χ4v) is 2.64. The van der Waals surface area contributed by atoms with Crippen LogP contribution in [0.4, 0.5) is 0 Å². The highest BCUT2D eigenvalue weighted by atomic mass is 16.3. The van der Waals surface area contributed by atoms with Crippen molar-refractivity contribution >= 4 is 5.91 Å². The SMILES string of the molecule is CCC(O)(CC)CNC(=O)Cn1cnc2c1CCCC2. The molecule has 0 fully saturated rings. The number of imidazole rings is 1. The van der Waals surface area contributed by atoms with Gasteiger partial charge in [-0.15, -0.1) is 0 Å². The van der Waals surface area contributed by atoms with Gasteiger partial charge in [-0.2, -0.15) is 0 Å². The Balaban J connectivity index is 1.90. The summed E-state index contributed by atoms with van der Waals surface area (Å²) in [6, 6.07) is 0. The van der Waals surface area contributed by atoms with Crippen molar-refractivity contribution in [3.63, 3.8) is 0 Å². The third-order valence-electron chi connectivity index (χ3n) is 4.35. The Morgan fingerprint density at radius 1 is 1.40 bits per heavy atom. The molecule has 5 nitrogen and oxygen atoms in total. The lowest BCUT2D eigenvalue weighted by Crippen LogP contribution is -2.43. The summed E-state index contributed by atoms with van der Waals surface area (Å²) in [6.07, 6.45) is 7.45. The minimum Gasteiger partial charge on any atom is -0.388 e. The van der Waals surface area contributed by atoms with Crippen LogP contribution >= 0.6 is 0 Å². The average Bonchev–Trinajstić information content (AvgIpc) is 2.88. The van der Waals surface area contributed by atoms with Gasteiger partial charge in [-0.1, -0.05) is 13.8 Å². The second-order valence-corrected chi connectivity index (χ2v) is 5.68. The number of aromatic nitrogens is 2. The van der Waals surface area contributed by atoms with E-state index < -0.39 is 5.60 Å². The lowest BCUT2D eigenvalue weighted by molar-refractivity contribution is -0.123. The molecule has 1 aromatic heterocycles. The van der Waals surface area contributed by atoms with E-state index in [0.717, 1.165) is 18.5 Å². The Morgan fingerprint density at radius 2 is 2.10 bits per heavy atom. The number of hydrogen-bond acceptors (Lipinski definition) is 3. The summed E-state index contributed by atoms with van der Waals surface area (Å²) < 4.78 is 1.95. The van der Waals surface area contributed by atoms with Gasteiger partial charge in [-0.3, -0.25) is 4.79 Å². The molecule has 0 aliphatic heterocycles. The first-order valence-electron chi connectivity index (χ1n) is 7.60. The molecular weight excluding hydrogens is 254 g/mol. The first-order chi connectivity index (χ1) is 9.58. The topological polar surface area (TPSA) is 67.2 Å². The lowest BCUT2D eigenvalue weighted by atomic mass is 9.98. The standard InChI is InChI=1S/C15H25N3O2/c1-3-15(20,4-2)10-16-14(19)9-18-11-17-12-7-5-6-8-13(12)18/h11,20H,3-10H2,1-2H3,(H,16,19). The highest BCUT2D eigenvalue weighted by molar-refractivity contribution is 5.75. The van der Waals surface area contributed by atoms with Gasteiger partial charge in [0.05, 0.1) is 17.6 Å². The Labute approximate surface area is 120 Å². The maximum atomic E-state index is 12.0. The highest BCUT2D eigenvalue weighted by Crippen LogP contribution is 2.19. The van der Waals surface area contributed by atoms with E-state index in [0.29, 0.717) is 25.9 Å². The van der Waals surface area contributed by atoms with Crippen LogP contribution in [0.15, 0.2) is 6.33 Å². The van der Waals surface area contributed by atoms with Gasteiger partial charge in [-0.25, -0.2) is 4.98 Å². The van der Waals surface area contributed by atoms with Gasteiger partial charge in [0.25, 0.3) is 0 Å². The molecule has 2 rings (SSSR count). The van der Waals surface area contributed by atoms with E-state index in [9.17, 15) is 9.90 Å². The van der Waals surface area contributed by atoms with Crippen LogP contribution in [0.1, 0.15) is 50.9 Å². The molecule has 5 heteroatoms. The van der Waals surface area contributed by atoms with Crippen molar-refractivity contribution < 1.29 is 9.90 Å². The van der Waals surface area contributed by atoms with Gasteiger partial charge in [0.2, 0.25) is 5.91 Å². The van der Waals surface area contributed by atoms with Crippen LogP contribution in [0.3, 0.4) is 0 Å². The molecule has 1 aliphatic carbocycles. The summed E-state index contributed by atoms with van der Waals surface area (Å²) in [5, 5.41) is 13.0. The molecule has 0 aromatic carbocycles. The molecule has 0 bridgehead atoms. The Morgan fingerprint density at radius 3 is 2.80 bits per heavy atom. The van der Waals surface area contributed by atoms with E-state index >= 15 is 0 Å². The lowest BCUT2D eigenvalue weighted by Gasteiger charge is -2.25. The smallest absolute Gasteiger partial charge is 0.240 e. The van der Waals surface area contributed by atoms with Gasteiger partial charge in [0, 0.05) is 12.2 Å². The van der Waals surface area contributed by atoms with Gasteiger partial charge in [-0.05, 0) is 38.5 Å². The number of hydrogen-bond donors (Lipinski definition) is 2. The Kier molecular flexibility index (Phi) is 4.81. The monoisotopic (exact) mass is 279 g/mol. The zero-order valence-corrected chi connectivity index (χ0v) is 12.5. The zero-order valence-electron chi connectivity index (χ0n) is 12.5. The minimum absolute atomic E-state index is 0.0592. The molecule has 1 amide bonds. The third kappa shape index (κ3) is 3.39. The summed E-state index contributed by atoms with van der Waals surface area (Å²) >= 11 is 0. The molecule has 0 atom stereocenters. The first kappa shape index (κ1) is 15.0. The van der Waals surface area contributed by atoms with E-state index in [1.165, 1.54) is 18.5 Å². The molecule has 20 heavy (non-hydrogen) atoms. The van der Waals surface area contributed by atoms with E-state index in [2.05, 4.69) is 10.3 Å². The molecule has 0 saturated heterocycles. The second-order valence-electron chi connectivity index (χ2n) is 5.68. The summed E-state index contributed by atoms with van der Waals surface area (Å²) in [5.41, 5.74) is 1.56. The minimum atomic E-state index is -0.788. The summed E-state index contributed by atoms with van der Waals surface area (Å²) in [7, 11) is 0. The average molecular weight is 279 g/mol. The molecule has 1 aliphatic rings. The zero-order chi connectivity index (χ0) is 14.6. The predicted molar refractivity (Wildman–Crippen MR) is 77.4 cm³/mol. The number of carbonyl (C=O) groups excluding carboxylic acids is 1. The highest BCUT2D eigenvalue weighted by Gasteiger charge is 2.23. The van der Waals surface area contributed by atoms with Crippen LogP contribution in [0.5, 0.6) is 0 Å². The Hall–Kier alpha value is -1.36. The fourth-order valence-electron chi connectivity index (χ4n) is 2.64. The maximum Gasteiger partial charge on any atom is 0.240 e. The number of aliphatic hydroxyl groups is 1. The van der Waals surface area contributed by atoms with Gasteiger partial charge in [0.15, 0.2) is 0 Å². The van der Waals surface area contributed by atoms with Crippen LogP contribution in [0, 0.1) is 0 Å². The summed E-state index contributed by atoms with van der Waals surface area (Å²) in [4.78, 5) is 16.4. The predicted octanol–water partition coefficient (Wildman–Crippen LogP) is 1.43. The number of nitrogens with zero attached hydrogens (tertiary/aromatic N) is 2. The first-order valence-corrected chi connectivity index (χ1v) is 7.60. The summed E-state index contributed by atoms with van der Waals surface area (Å²) in [5.74, 6) is -0.0592. The molecule has 1 heterocycles. The number of rotatable bonds is 6. The normalized spacial score (nSPS) is 14.9. The Bertz CT molecular complexity index is 464. The van der Waals surface area contributed by atoms with E-state index in [1.807, 2.05) is 18.4 Å². The molecular formula is C15H25N3O2. The molecule has 0 saturated carbocycles. The van der Waals surface area contributed by atoms with Gasteiger partial charge >= 0.3 is 0 Å². The number of fused-ring (bicyclic) bond motifs is 1. The molecule has 0 unspecified atom stereocenters. The van der Waals surface area contributed by atoms with Crippen molar-refractivity contribution in [2.75, 3.05) is 6.54 Å². The largest absolute Gasteiger partial charge is 0.388 e.